The van der Waals surface area contributed by atoms with Crippen LogP contribution in [0.25, 0.3) is 11.4 Å². The van der Waals surface area contributed by atoms with E-state index in [9.17, 15) is 4.79 Å². The Balaban J connectivity index is 1.33. The predicted octanol–water partition coefficient (Wildman–Crippen LogP) is 4.57. The van der Waals surface area contributed by atoms with Crippen molar-refractivity contribution < 1.29 is 13.8 Å². The molecule has 8 heteroatoms. The first-order valence-corrected chi connectivity index (χ1v) is 11.0. The van der Waals surface area contributed by atoms with Gasteiger partial charge in [0.05, 0.1) is 0 Å². The van der Waals surface area contributed by atoms with E-state index in [-0.39, 0.29) is 24.3 Å². The molecule has 164 valence electrons. The molecule has 1 aromatic carbocycles. The minimum atomic E-state index is -0.315. The van der Waals surface area contributed by atoms with Gasteiger partial charge in [-0.15, -0.1) is 0 Å². The Morgan fingerprint density at radius 1 is 1.06 bits per heavy atom. The molecule has 8 nitrogen and oxygen atoms in total. The molecule has 1 N–H and O–H groups in total. The molecule has 2 aromatic heterocycles. The first-order chi connectivity index (χ1) is 14.9. The fourth-order valence-corrected chi connectivity index (χ4v) is 3.35. The molecular weight excluding hydrogens is 394 g/mol. The van der Waals surface area contributed by atoms with Crippen LogP contribution in [0.4, 0.5) is 0 Å². The van der Waals surface area contributed by atoms with E-state index in [0.29, 0.717) is 35.9 Å². The summed E-state index contributed by atoms with van der Waals surface area (Å²) >= 11 is 0. The maximum absolute atomic E-state index is 12.5. The molecule has 1 fully saturated rings. The van der Waals surface area contributed by atoms with Gasteiger partial charge in [0.15, 0.2) is 5.82 Å². The van der Waals surface area contributed by atoms with Gasteiger partial charge in [-0.3, -0.25) is 4.79 Å². The summed E-state index contributed by atoms with van der Waals surface area (Å²) < 4.78 is 10.8. The highest BCUT2D eigenvalue weighted by Crippen LogP contribution is 2.38. The van der Waals surface area contributed by atoms with E-state index in [1.165, 1.54) is 5.56 Å². The van der Waals surface area contributed by atoms with Gasteiger partial charge >= 0.3 is 0 Å². The first kappa shape index (κ1) is 21.2. The Morgan fingerprint density at radius 2 is 1.81 bits per heavy atom. The van der Waals surface area contributed by atoms with E-state index in [2.05, 4.69) is 51.6 Å². The molecule has 1 unspecified atom stereocenters. The molecule has 0 aliphatic heterocycles. The first-order valence-electron chi connectivity index (χ1n) is 11.0. The Morgan fingerprint density at radius 3 is 2.45 bits per heavy atom. The van der Waals surface area contributed by atoms with Crippen molar-refractivity contribution in [1.82, 2.24) is 25.6 Å². The third kappa shape index (κ3) is 5.18. The van der Waals surface area contributed by atoms with E-state index < -0.39 is 0 Å². The fourth-order valence-electron chi connectivity index (χ4n) is 3.35. The number of hydrogen-bond acceptors (Lipinski definition) is 7. The van der Waals surface area contributed by atoms with Crippen LogP contribution in [-0.4, -0.2) is 26.2 Å². The van der Waals surface area contributed by atoms with Crippen LogP contribution in [0.1, 0.15) is 88.0 Å². The summed E-state index contributed by atoms with van der Waals surface area (Å²) in [5.41, 5.74) is 2.15. The fraction of sp³-hybridized carbons (Fsp3) is 0.522. The van der Waals surface area contributed by atoms with E-state index in [1.807, 2.05) is 26.0 Å². The van der Waals surface area contributed by atoms with Gasteiger partial charge in [-0.25, -0.2) is 0 Å². The van der Waals surface area contributed by atoms with Gasteiger partial charge in [0.25, 0.3) is 0 Å². The normalized spacial score (nSPS) is 14.9. The second-order valence-corrected chi connectivity index (χ2v) is 8.84. The van der Waals surface area contributed by atoms with Gasteiger partial charge in [-0.2, -0.15) is 9.97 Å². The van der Waals surface area contributed by atoms with Crippen molar-refractivity contribution in [3.05, 3.63) is 47.4 Å². The zero-order chi connectivity index (χ0) is 22.0. The van der Waals surface area contributed by atoms with Crippen molar-refractivity contribution in [3.8, 4) is 11.4 Å². The van der Waals surface area contributed by atoms with Gasteiger partial charge in [0.1, 0.15) is 6.04 Å². The number of amides is 1. The topological polar surface area (TPSA) is 107 Å². The lowest BCUT2D eigenvalue weighted by Crippen LogP contribution is -2.32. The molecule has 4 rings (SSSR count). The van der Waals surface area contributed by atoms with Crippen LogP contribution >= 0.6 is 0 Å². The van der Waals surface area contributed by atoms with E-state index in [0.717, 1.165) is 24.2 Å². The maximum atomic E-state index is 12.5. The predicted molar refractivity (Wildman–Crippen MR) is 114 cm³/mol. The highest BCUT2D eigenvalue weighted by molar-refractivity contribution is 5.76. The lowest BCUT2D eigenvalue weighted by molar-refractivity contribution is -0.122. The third-order valence-electron chi connectivity index (χ3n) is 5.52. The molecule has 31 heavy (non-hydrogen) atoms. The SMILES string of the molecule is CC(C)c1ccc(-c2noc(CCC(=O)NC(c3nc(C4CC4)no3)C(C)C)n2)cc1. The quantitative estimate of drug-likeness (QED) is 0.537. The van der Waals surface area contributed by atoms with Crippen LogP contribution in [-0.2, 0) is 11.2 Å². The van der Waals surface area contributed by atoms with Crippen LogP contribution in [0.5, 0.6) is 0 Å². The van der Waals surface area contributed by atoms with E-state index in [1.54, 1.807) is 0 Å². The number of carbonyl (C=O) groups excluding carboxylic acids is 1. The number of carbonyl (C=O) groups is 1. The molecule has 0 spiro atoms. The number of benzene rings is 1. The summed E-state index contributed by atoms with van der Waals surface area (Å²) in [7, 11) is 0. The summed E-state index contributed by atoms with van der Waals surface area (Å²) in [6.45, 7) is 8.34. The second-order valence-electron chi connectivity index (χ2n) is 8.84. The Bertz CT molecular complexity index is 1020. The maximum Gasteiger partial charge on any atom is 0.249 e. The average molecular weight is 424 g/mol. The summed E-state index contributed by atoms with van der Waals surface area (Å²) in [6.07, 6.45) is 2.81. The van der Waals surface area contributed by atoms with Crippen LogP contribution in [0.2, 0.25) is 0 Å². The Hall–Kier alpha value is -3.03. The summed E-state index contributed by atoms with van der Waals surface area (Å²) in [5, 5.41) is 11.1. The molecule has 3 aromatic rings. The smallest absolute Gasteiger partial charge is 0.249 e. The van der Waals surface area contributed by atoms with Gasteiger partial charge in [-0.05, 0) is 30.2 Å². The lowest BCUT2D eigenvalue weighted by atomic mass is 10.0. The zero-order valence-corrected chi connectivity index (χ0v) is 18.5. The molecular formula is C23H29N5O3. The summed E-state index contributed by atoms with van der Waals surface area (Å²) in [4.78, 5) is 21.5. The number of nitrogens with zero attached hydrogens (tertiary/aromatic N) is 4. The van der Waals surface area contributed by atoms with Crippen LogP contribution < -0.4 is 5.32 Å². The molecule has 0 saturated heterocycles. The van der Waals surface area contributed by atoms with Crippen LogP contribution in [0, 0.1) is 5.92 Å². The van der Waals surface area contributed by atoms with Crippen molar-refractivity contribution in [1.29, 1.82) is 0 Å². The van der Waals surface area contributed by atoms with Crippen molar-refractivity contribution in [2.45, 2.75) is 71.3 Å². The zero-order valence-electron chi connectivity index (χ0n) is 18.5. The van der Waals surface area contributed by atoms with Crippen molar-refractivity contribution in [2.75, 3.05) is 0 Å². The molecule has 1 atom stereocenters. The molecule has 1 aliphatic rings. The average Bonchev–Trinajstić information content (AvgIpc) is 3.30. The highest BCUT2D eigenvalue weighted by Gasteiger charge is 2.31. The molecule has 1 amide bonds. The van der Waals surface area contributed by atoms with Crippen molar-refractivity contribution in [2.24, 2.45) is 5.92 Å². The lowest BCUT2D eigenvalue weighted by Gasteiger charge is -2.18. The minimum Gasteiger partial charge on any atom is -0.344 e. The van der Waals surface area contributed by atoms with Gasteiger partial charge < -0.3 is 14.4 Å². The molecule has 1 aliphatic carbocycles. The van der Waals surface area contributed by atoms with Crippen LogP contribution in [0.3, 0.4) is 0 Å². The largest absolute Gasteiger partial charge is 0.344 e. The second kappa shape index (κ2) is 8.99. The minimum absolute atomic E-state index is 0.120. The van der Waals surface area contributed by atoms with E-state index in [4.69, 9.17) is 9.05 Å². The Labute approximate surface area is 181 Å². The number of aromatic nitrogens is 4. The van der Waals surface area contributed by atoms with Crippen LogP contribution in [0.15, 0.2) is 33.3 Å². The molecule has 0 bridgehead atoms. The summed E-state index contributed by atoms with van der Waals surface area (Å²) in [5.74, 6) is 3.07. The monoisotopic (exact) mass is 423 g/mol. The third-order valence-corrected chi connectivity index (χ3v) is 5.52. The van der Waals surface area contributed by atoms with E-state index >= 15 is 0 Å². The van der Waals surface area contributed by atoms with Gasteiger partial charge in [0.2, 0.25) is 23.5 Å². The number of aryl methyl sites for hydroxylation is 1. The van der Waals surface area contributed by atoms with Crippen molar-refractivity contribution in [3.63, 3.8) is 0 Å². The Kier molecular flexibility index (Phi) is 6.15. The van der Waals surface area contributed by atoms with Gasteiger partial charge in [0, 0.05) is 24.3 Å². The number of hydrogen-bond donors (Lipinski definition) is 1. The highest BCUT2D eigenvalue weighted by atomic mass is 16.5. The molecule has 2 heterocycles. The van der Waals surface area contributed by atoms with Gasteiger partial charge in [-0.1, -0.05) is 62.3 Å². The molecule has 0 radical (unpaired) electrons. The van der Waals surface area contributed by atoms with Crippen molar-refractivity contribution >= 4 is 5.91 Å². The number of rotatable bonds is 9. The summed E-state index contributed by atoms with van der Waals surface area (Å²) in [6, 6.07) is 7.81. The number of nitrogens with one attached hydrogen (secondary N) is 1. The molecule has 1 saturated carbocycles. The standard InChI is InChI=1S/C23H29N5O3/c1-13(2)15-5-7-16(8-6-15)21-25-19(30-27-21)12-11-18(29)24-20(14(3)4)23-26-22(28-31-23)17-9-10-17/h5-8,13-14,17,20H,9-12H2,1-4H3,(H,24,29).